The molecule has 2 fully saturated rings. The van der Waals surface area contributed by atoms with Gasteiger partial charge in [0.15, 0.2) is 0 Å². The summed E-state index contributed by atoms with van der Waals surface area (Å²) < 4.78 is 114. The summed E-state index contributed by atoms with van der Waals surface area (Å²) in [5.41, 5.74) is 1.17. The van der Waals surface area contributed by atoms with Crippen LogP contribution < -0.4 is 0 Å². The smallest absolute Gasteiger partial charge is 0.475 e. The van der Waals surface area contributed by atoms with E-state index in [1.54, 1.807) is 12.1 Å². The average molecular weight is 649 g/mol. The maximum atomic E-state index is 13.0. The molecule has 2 heterocycles. The number of carbonyl (C=O) groups is 3. The van der Waals surface area contributed by atoms with E-state index in [1.165, 1.54) is 5.56 Å². The van der Waals surface area contributed by atoms with Gasteiger partial charge >= 0.3 is 36.4 Å². The quantitative estimate of drug-likeness (QED) is 0.409. The number of likely N-dealkylation sites (tertiary alicyclic amines) is 1. The van der Waals surface area contributed by atoms with Gasteiger partial charge in [-0.05, 0) is 31.8 Å². The van der Waals surface area contributed by atoms with Gasteiger partial charge < -0.3 is 25.0 Å². The number of rotatable bonds is 5. The lowest BCUT2D eigenvalue weighted by molar-refractivity contribution is -0.193. The molecule has 2 atom stereocenters. The Bertz CT molecular complexity index is 962. The molecule has 0 aliphatic carbocycles. The minimum absolute atomic E-state index is 0.169. The van der Waals surface area contributed by atoms with Crippen LogP contribution in [0.2, 0.25) is 0 Å². The number of fused-ring (bicyclic) bond motifs is 1. The van der Waals surface area contributed by atoms with Crippen molar-refractivity contribution in [3.63, 3.8) is 0 Å². The average Bonchev–Trinajstić information content (AvgIpc) is 3.26. The molecule has 3 rings (SSSR count). The molecule has 2 saturated heterocycles. The van der Waals surface area contributed by atoms with Crippen LogP contribution in [0.25, 0.3) is 0 Å². The third-order valence-electron chi connectivity index (χ3n) is 5.37. The molecule has 0 aromatic heterocycles. The van der Waals surface area contributed by atoms with E-state index in [-0.39, 0.29) is 5.82 Å². The van der Waals surface area contributed by atoms with Crippen molar-refractivity contribution in [3.05, 3.63) is 35.6 Å². The second-order valence-corrected chi connectivity index (χ2v) is 9.05. The molecule has 0 radical (unpaired) electrons. The SMILES string of the molecule is CN(C)CCN1CCO[C@H]2CN(Cc3ccc(F)cc3)C[C@H]21.O=C(O)C(F)(F)F.O=C(O)C(F)(F)F.O=C(O)C(F)(F)F. The van der Waals surface area contributed by atoms with Gasteiger partial charge in [0.2, 0.25) is 0 Å². The predicted molar refractivity (Wildman–Crippen MR) is 126 cm³/mol. The second-order valence-electron chi connectivity index (χ2n) is 9.05. The standard InChI is InChI=1S/C17H26FN3O.3C2HF3O2/c1-19(2)7-8-21-9-10-22-17-13-20(12-16(17)21)11-14-3-5-15(18)6-4-14;3*3-2(4,5)1(6)7/h3-6,16-17H,7-13H2,1-2H3;3*(H,6,7)/t16-,17+;;;/m1.../s1. The Labute approximate surface area is 238 Å². The van der Waals surface area contributed by atoms with E-state index < -0.39 is 36.4 Å². The minimum Gasteiger partial charge on any atom is -0.475 e. The predicted octanol–water partition coefficient (Wildman–Crippen LogP) is 3.17. The number of hydrogen-bond acceptors (Lipinski definition) is 7. The maximum absolute atomic E-state index is 13.0. The topological polar surface area (TPSA) is 131 Å². The summed E-state index contributed by atoms with van der Waals surface area (Å²) in [4.78, 5) is 33.9. The van der Waals surface area contributed by atoms with E-state index >= 15 is 0 Å². The Morgan fingerprint density at radius 1 is 0.837 bits per heavy atom. The lowest BCUT2D eigenvalue weighted by Crippen LogP contribution is -2.52. The molecule has 0 saturated carbocycles. The molecule has 1 aromatic carbocycles. The summed E-state index contributed by atoms with van der Waals surface area (Å²) in [6.45, 7) is 6.93. The molecule has 0 bridgehead atoms. The fourth-order valence-electron chi connectivity index (χ4n) is 3.42. The minimum atomic E-state index is -5.08. The van der Waals surface area contributed by atoms with Crippen LogP contribution in [0.5, 0.6) is 0 Å². The highest BCUT2D eigenvalue weighted by Gasteiger charge is 2.40. The highest BCUT2D eigenvalue weighted by atomic mass is 19.4. The van der Waals surface area contributed by atoms with Crippen molar-refractivity contribution in [1.82, 2.24) is 14.7 Å². The zero-order chi connectivity index (χ0) is 33.8. The number of aliphatic carboxylic acids is 3. The molecule has 20 heteroatoms. The fourth-order valence-corrected chi connectivity index (χ4v) is 3.42. The number of benzene rings is 1. The number of alkyl halides is 9. The van der Waals surface area contributed by atoms with Crippen LogP contribution in [0, 0.1) is 5.82 Å². The first kappa shape index (κ1) is 39.8. The van der Waals surface area contributed by atoms with E-state index in [1.807, 2.05) is 12.1 Å². The highest BCUT2D eigenvalue weighted by Crippen LogP contribution is 2.24. The molecule has 3 N–H and O–H groups in total. The van der Waals surface area contributed by atoms with Crippen LogP contribution in [-0.4, -0.2) is 132 Å². The molecular weight excluding hydrogens is 620 g/mol. The Balaban J connectivity index is 0.000000690. The van der Waals surface area contributed by atoms with Crippen LogP contribution in [-0.2, 0) is 25.7 Å². The Morgan fingerprint density at radius 3 is 1.63 bits per heavy atom. The Morgan fingerprint density at radius 2 is 1.26 bits per heavy atom. The third kappa shape index (κ3) is 16.9. The molecule has 0 unspecified atom stereocenters. The fraction of sp³-hybridized carbons (Fsp3) is 0.609. The zero-order valence-corrected chi connectivity index (χ0v) is 22.5. The van der Waals surface area contributed by atoms with Crippen molar-refractivity contribution in [2.45, 2.75) is 37.2 Å². The van der Waals surface area contributed by atoms with Crippen molar-refractivity contribution in [2.75, 3.05) is 53.4 Å². The third-order valence-corrected chi connectivity index (χ3v) is 5.37. The van der Waals surface area contributed by atoms with Crippen molar-refractivity contribution in [1.29, 1.82) is 0 Å². The van der Waals surface area contributed by atoms with Crippen LogP contribution in [0.3, 0.4) is 0 Å². The summed E-state index contributed by atoms with van der Waals surface area (Å²) in [5, 5.41) is 21.4. The van der Waals surface area contributed by atoms with Gasteiger partial charge in [-0.15, -0.1) is 0 Å². The van der Waals surface area contributed by atoms with E-state index in [9.17, 15) is 43.9 Å². The van der Waals surface area contributed by atoms with Crippen LogP contribution in [0.15, 0.2) is 24.3 Å². The number of likely N-dealkylation sites (N-methyl/N-ethyl adjacent to an activating group) is 1. The Hall–Kier alpha value is -3.23. The monoisotopic (exact) mass is 649 g/mol. The first-order valence-electron chi connectivity index (χ1n) is 11.8. The largest absolute Gasteiger partial charge is 0.490 e. The summed E-state index contributed by atoms with van der Waals surface area (Å²) in [5.74, 6) is -8.44. The molecule has 2 aliphatic heterocycles. The normalized spacial score (nSPS) is 19.1. The van der Waals surface area contributed by atoms with E-state index in [4.69, 9.17) is 34.4 Å². The molecule has 248 valence electrons. The van der Waals surface area contributed by atoms with Gasteiger partial charge in [-0.1, -0.05) is 12.1 Å². The van der Waals surface area contributed by atoms with Gasteiger partial charge in [0.05, 0.1) is 12.7 Å². The van der Waals surface area contributed by atoms with Crippen LogP contribution >= 0.6 is 0 Å². The van der Waals surface area contributed by atoms with E-state index in [0.717, 1.165) is 45.9 Å². The zero-order valence-electron chi connectivity index (χ0n) is 22.5. The summed E-state index contributed by atoms with van der Waals surface area (Å²) in [6, 6.07) is 7.33. The molecule has 1 aromatic rings. The van der Waals surface area contributed by atoms with E-state index in [0.29, 0.717) is 12.1 Å². The number of carboxylic acids is 3. The molecule has 0 amide bonds. The van der Waals surface area contributed by atoms with Crippen molar-refractivity contribution < 1.29 is 78.3 Å². The van der Waals surface area contributed by atoms with Crippen LogP contribution in [0.4, 0.5) is 43.9 Å². The number of halogens is 10. The molecule has 43 heavy (non-hydrogen) atoms. The van der Waals surface area contributed by atoms with Crippen molar-refractivity contribution >= 4 is 17.9 Å². The number of carboxylic acid groups (broad SMARTS) is 3. The Kier molecular flexibility index (Phi) is 15.9. The van der Waals surface area contributed by atoms with Gasteiger partial charge in [-0.25, -0.2) is 18.8 Å². The van der Waals surface area contributed by atoms with E-state index in [2.05, 4.69) is 28.8 Å². The molecule has 10 nitrogen and oxygen atoms in total. The lowest BCUT2D eigenvalue weighted by Gasteiger charge is -2.37. The maximum Gasteiger partial charge on any atom is 0.490 e. The van der Waals surface area contributed by atoms with Gasteiger partial charge in [0, 0.05) is 45.3 Å². The van der Waals surface area contributed by atoms with Gasteiger partial charge in [0.1, 0.15) is 5.82 Å². The summed E-state index contributed by atoms with van der Waals surface area (Å²) in [6.07, 6.45) is -14.9. The second kappa shape index (κ2) is 17.2. The number of ether oxygens (including phenoxy) is 1. The van der Waals surface area contributed by atoms with Gasteiger partial charge in [-0.2, -0.15) is 39.5 Å². The summed E-state index contributed by atoms with van der Waals surface area (Å²) >= 11 is 0. The molecule has 2 aliphatic rings. The molecular formula is C23H29F10N3O7. The highest BCUT2D eigenvalue weighted by molar-refractivity contribution is 5.73. The first-order chi connectivity index (χ1) is 19.4. The lowest BCUT2D eigenvalue weighted by atomic mass is 10.1. The first-order valence-corrected chi connectivity index (χ1v) is 11.8. The molecule has 0 spiro atoms. The van der Waals surface area contributed by atoms with Gasteiger partial charge in [-0.3, -0.25) is 9.80 Å². The van der Waals surface area contributed by atoms with Crippen LogP contribution in [0.1, 0.15) is 5.56 Å². The van der Waals surface area contributed by atoms with Crippen molar-refractivity contribution in [2.24, 2.45) is 0 Å². The van der Waals surface area contributed by atoms with Crippen molar-refractivity contribution in [3.8, 4) is 0 Å². The number of hydrogen-bond donors (Lipinski definition) is 3. The van der Waals surface area contributed by atoms with Gasteiger partial charge in [0.25, 0.3) is 0 Å². The number of nitrogens with zero attached hydrogens (tertiary/aromatic N) is 3. The summed E-state index contributed by atoms with van der Waals surface area (Å²) in [7, 11) is 4.24. The number of morpholine rings is 1.